The second-order valence-electron chi connectivity index (χ2n) is 4.32. The average Bonchev–Trinajstić information content (AvgIpc) is 2.42. The van der Waals surface area contributed by atoms with Gasteiger partial charge in [-0.2, -0.15) is 0 Å². The van der Waals surface area contributed by atoms with Crippen LogP contribution in [0.5, 0.6) is 11.5 Å². The number of nitrogens with one attached hydrogen (secondary N) is 1. The van der Waals surface area contributed by atoms with Gasteiger partial charge in [-0.3, -0.25) is 0 Å². The predicted molar refractivity (Wildman–Crippen MR) is 72.7 cm³/mol. The molecule has 1 atom stereocenters. The summed E-state index contributed by atoms with van der Waals surface area (Å²) in [5.74, 6) is 0.0275. The van der Waals surface area contributed by atoms with Crippen molar-refractivity contribution in [2.45, 2.75) is 32.9 Å². The van der Waals surface area contributed by atoms with Crippen LogP contribution in [0.4, 0.5) is 0 Å². The van der Waals surface area contributed by atoms with Crippen LogP contribution in [0, 0.1) is 0 Å². The Morgan fingerprint density at radius 2 is 2.21 bits per heavy atom. The third-order valence-electron chi connectivity index (χ3n) is 2.87. The van der Waals surface area contributed by atoms with Gasteiger partial charge in [0.05, 0.1) is 7.11 Å². The lowest BCUT2D eigenvalue weighted by molar-refractivity contribution is -0.139. The van der Waals surface area contributed by atoms with Gasteiger partial charge in [-0.1, -0.05) is 19.1 Å². The van der Waals surface area contributed by atoms with E-state index in [1.807, 2.05) is 12.1 Å². The van der Waals surface area contributed by atoms with Crippen molar-refractivity contribution in [3.63, 3.8) is 0 Å². The second-order valence-corrected chi connectivity index (χ2v) is 4.32. The maximum Gasteiger partial charge on any atom is 0.341 e. The number of ether oxygens (including phenoxy) is 2. The second kappa shape index (κ2) is 7.63. The van der Waals surface area contributed by atoms with Gasteiger partial charge in [-0.15, -0.1) is 0 Å². The number of methoxy groups -OCH3 is 1. The van der Waals surface area contributed by atoms with Gasteiger partial charge < -0.3 is 19.9 Å². The van der Waals surface area contributed by atoms with Crippen molar-refractivity contribution in [2.75, 3.05) is 13.7 Å². The number of hydrogen-bond donors (Lipinski definition) is 2. The quantitative estimate of drug-likeness (QED) is 0.754. The minimum Gasteiger partial charge on any atom is -0.493 e. The van der Waals surface area contributed by atoms with E-state index in [-0.39, 0.29) is 6.61 Å². The van der Waals surface area contributed by atoms with Gasteiger partial charge in [-0.25, -0.2) is 4.79 Å². The SMILES string of the molecule is CC[C@H](C)NCc1cccc(OC)c1OCC(=O)O. The van der Waals surface area contributed by atoms with Crippen LogP contribution in [-0.4, -0.2) is 30.8 Å². The number of hydrogen-bond acceptors (Lipinski definition) is 4. The van der Waals surface area contributed by atoms with E-state index in [0.717, 1.165) is 12.0 Å². The Hall–Kier alpha value is -1.75. The van der Waals surface area contributed by atoms with Crippen molar-refractivity contribution >= 4 is 5.97 Å². The minimum atomic E-state index is -1.01. The summed E-state index contributed by atoms with van der Waals surface area (Å²) >= 11 is 0. The zero-order valence-electron chi connectivity index (χ0n) is 11.6. The normalized spacial score (nSPS) is 11.9. The highest BCUT2D eigenvalue weighted by Crippen LogP contribution is 2.31. The van der Waals surface area contributed by atoms with Crippen molar-refractivity contribution in [1.29, 1.82) is 0 Å². The highest BCUT2D eigenvalue weighted by molar-refractivity contribution is 5.68. The summed E-state index contributed by atoms with van der Waals surface area (Å²) in [6.07, 6.45) is 1.02. The van der Waals surface area contributed by atoms with Crippen LogP contribution in [0.3, 0.4) is 0 Å². The highest BCUT2D eigenvalue weighted by atomic mass is 16.5. The van der Waals surface area contributed by atoms with E-state index in [1.165, 1.54) is 7.11 Å². The Labute approximate surface area is 113 Å². The van der Waals surface area contributed by atoms with Crippen molar-refractivity contribution in [3.8, 4) is 11.5 Å². The number of carboxylic acid groups (broad SMARTS) is 1. The van der Waals surface area contributed by atoms with Crippen LogP contribution >= 0.6 is 0 Å². The molecule has 0 aliphatic heterocycles. The molecule has 0 bridgehead atoms. The Kier molecular flexibility index (Phi) is 6.15. The zero-order valence-corrected chi connectivity index (χ0v) is 11.6. The summed E-state index contributed by atoms with van der Waals surface area (Å²) in [5, 5.41) is 12.0. The van der Waals surface area contributed by atoms with Crippen molar-refractivity contribution < 1.29 is 19.4 Å². The minimum absolute atomic E-state index is 0.378. The highest BCUT2D eigenvalue weighted by Gasteiger charge is 2.12. The number of para-hydroxylation sites is 1. The number of carboxylic acids is 1. The maximum atomic E-state index is 10.6. The van der Waals surface area contributed by atoms with Crippen LogP contribution in [0.1, 0.15) is 25.8 Å². The number of aliphatic carboxylic acids is 1. The first-order valence-corrected chi connectivity index (χ1v) is 6.32. The molecule has 0 saturated carbocycles. The molecule has 0 spiro atoms. The van der Waals surface area contributed by atoms with Gasteiger partial charge in [0, 0.05) is 18.2 Å². The van der Waals surface area contributed by atoms with E-state index in [4.69, 9.17) is 14.6 Å². The lowest BCUT2D eigenvalue weighted by Gasteiger charge is -2.16. The molecule has 1 rings (SSSR count). The smallest absolute Gasteiger partial charge is 0.341 e. The molecule has 0 aliphatic carbocycles. The molecule has 0 unspecified atom stereocenters. The van der Waals surface area contributed by atoms with Gasteiger partial charge in [0.15, 0.2) is 18.1 Å². The van der Waals surface area contributed by atoms with Crippen LogP contribution in [-0.2, 0) is 11.3 Å². The molecule has 0 heterocycles. The third kappa shape index (κ3) is 4.79. The van der Waals surface area contributed by atoms with Gasteiger partial charge >= 0.3 is 5.97 Å². The van der Waals surface area contributed by atoms with E-state index in [0.29, 0.717) is 24.1 Å². The molecule has 106 valence electrons. The first kappa shape index (κ1) is 15.3. The van der Waals surface area contributed by atoms with E-state index in [9.17, 15) is 4.79 Å². The van der Waals surface area contributed by atoms with E-state index >= 15 is 0 Å². The van der Waals surface area contributed by atoms with Crippen LogP contribution in [0.2, 0.25) is 0 Å². The summed E-state index contributed by atoms with van der Waals surface area (Å²) in [4.78, 5) is 10.6. The fraction of sp³-hybridized carbons (Fsp3) is 0.500. The monoisotopic (exact) mass is 267 g/mol. The predicted octanol–water partition coefficient (Wildman–Crippen LogP) is 2.05. The fourth-order valence-corrected chi connectivity index (χ4v) is 1.59. The van der Waals surface area contributed by atoms with Gasteiger partial charge in [-0.05, 0) is 19.4 Å². The molecule has 5 nitrogen and oxygen atoms in total. The van der Waals surface area contributed by atoms with Crippen LogP contribution in [0.25, 0.3) is 0 Å². The number of carbonyl (C=O) groups is 1. The molecule has 0 saturated heterocycles. The van der Waals surface area contributed by atoms with E-state index < -0.39 is 5.97 Å². The van der Waals surface area contributed by atoms with Crippen molar-refractivity contribution in [3.05, 3.63) is 23.8 Å². The first-order chi connectivity index (χ1) is 9.08. The maximum absolute atomic E-state index is 10.6. The van der Waals surface area contributed by atoms with Gasteiger partial charge in [0.25, 0.3) is 0 Å². The lowest BCUT2D eigenvalue weighted by atomic mass is 10.1. The molecule has 1 aromatic carbocycles. The summed E-state index contributed by atoms with van der Waals surface area (Å²) in [5.41, 5.74) is 0.890. The van der Waals surface area contributed by atoms with Crippen molar-refractivity contribution in [1.82, 2.24) is 5.32 Å². The number of benzene rings is 1. The first-order valence-electron chi connectivity index (χ1n) is 6.32. The standard InChI is InChI=1S/C14H21NO4/c1-4-10(2)15-8-11-6-5-7-12(18-3)14(11)19-9-13(16)17/h5-7,10,15H,4,8-9H2,1-3H3,(H,16,17)/t10-/m0/s1. The Morgan fingerprint density at radius 1 is 1.47 bits per heavy atom. The Balaban J connectivity index is 2.85. The fourth-order valence-electron chi connectivity index (χ4n) is 1.59. The molecule has 1 aromatic rings. The zero-order chi connectivity index (χ0) is 14.3. The van der Waals surface area contributed by atoms with Gasteiger partial charge in [0.1, 0.15) is 0 Å². The molecule has 2 N–H and O–H groups in total. The Morgan fingerprint density at radius 3 is 2.79 bits per heavy atom. The molecule has 5 heteroatoms. The average molecular weight is 267 g/mol. The lowest BCUT2D eigenvalue weighted by Crippen LogP contribution is -2.25. The summed E-state index contributed by atoms with van der Waals surface area (Å²) in [6, 6.07) is 5.90. The Bertz CT molecular complexity index is 420. The molecule has 0 radical (unpaired) electrons. The summed E-state index contributed by atoms with van der Waals surface area (Å²) in [7, 11) is 1.54. The van der Waals surface area contributed by atoms with Crippen LogP contribution in [0.15, 0.2) is 18.2 Å². The van der Waals surface area contributed by atoms with Gasteiger partial charge in [0.2, 0.25) is 0 Å². The summed E-state index contributed by atoms with van der Waals surface area (Å²) in [6.45, 7) is 4.43. The molecular formula is C14H21NO4. The molecular weight excluding hydrogens is 246 g/mol. The van der Waals surface area contributed by atoms with E-state index in [1.54, 1.807) is 6.07 Å². The molecule has 0 amide bonds. The number of rotatable bonds is 8. The molecule has 0 aliphatic rings. The summed E-state index contributed by atoms with van der Waals surface area (Å²) < 4.78 is 10.5. The van der Waals surface area contributed by atoms with Crippen molar-refractivity contribution in [2.24, 2.45) is 0 Å². The molecule has 0 aromatic heterocycles. The molecule has 0 fully saturated rings. The molecule has 19 heavy (non-hydrogen) atoms. The van der Waals surface area contributed by atoms with E-state index in [2.05, 4.69) is 19.2 Å². The topological polar surface area (TPSA) is 67.8 Å². The largest absolute Gasteiger partial charge is 0.493 e. The third-order valence-corrected chi connectivity index (χ3v) is 2.87. The van der Waals surface area contributed by atoms with Crippen LogP contribution < -0.4 is 14.8 Å².